The fraction of sp³-hybridized carbons (Fsp3) is 0.133. The summed E-state index contributed by atoms with van der Waals surface area (Å²) in [5, 5.41) is 8.95. The van der Waals surface area contributed by atoms with Gasteiger partial charge in [-0.05, 0) is 42.8 Å². The zero-order valence-corrected chi connectivity index (χ0v) is 10.8. The number of anilines is 1. The van der Waals surface area contributed by atoms with Crippen molar-refractivity contribution >= 4 is 5.69 Å². The van der Waals surface area contributed by atoms with Gasteiger partial charge >= 0.3 is 0 Å². The molecule has 96 valence electrons. The molecule has 0 aliphatic heterocycles. The zero-order valence-electron chi connectivity index (χ0n) is 10.8. The highest BCUT2D eigenvalue weighted by Crippen LogP contribution is 2.28. The first-order chi connectivity index (χ1) is 9.12. The number of hydrogen-bond acceptors (Lipinski definition) is 4. The monoisotopic (exact) mass is 254 g/mol. The Morgan fingerprint density at radius 1 is 1.05 bits per heavy atom. The topological polar surface area (TPSA) is 68.3 Å². The summed E-state index contributed by atoms with van der Waals surface area (Å²) in [6.07, 6.45) is 0. The van der Waals surface area contributed by atoms with Crippen LogP contribution in [0, 0.1) is 18.3 Å². The third-order valence-corrected chi connectivity index (χ3v) is 2.72. The summed E-state index contributed by atoms with van der Waals surface area (Å²) >= 11 is 0. The van der Waals surface area contributed by atoms with Gasteiger partial charge in [0.15, 0.2) is 0 Å². The Balaban J connectivity index is 2.32. The van der Waals surface area contributed by atoms with Crippen LogP contribution in [0.1, 0.15) is 11.1 Å². The number of nitrogens with zero attached hydrogens (tertiary/aromatic N) is 1. The maximum Gasteiger partial charge on any atom is 0.132 e. The van der Waals surface area contributed by atoms with Gasteiger partial charge in [-0.1, -0.05) is 0 Å². The maximum absolute atomic E-state index is 8.95. The lowest BCUT2D eigenvalue weighted by Gasteiger charge is -2.09. The summed E-state index contributed by atoms with van der Waals surface area (Å²) in [5.74, 6) is 1.81. The van der Waals surface area contributed by atoms with Gasteiger partial charge in [-0.25, -0.2) is 0 Å². The van der Waals surface area contributed by atoms with Crippen molar-refractivity contribution in [3.8, 4) is 23.3 Å². The second-order valence-electron chi connectivity index (χ2n) is 4.13. The first-order valence-corrected chi connectivity index (χ1v) is 5.75. The molecule has 0 heterocycles. The van der Waals surface area contributed by atoms with E-state index in [2.05, 4.69) is 6.07 Å². The third kappa shape index (κ3) is 2.96. The Bertz CT molecular complexity index is 645. The Morgan fingerprint density at radius 2 is 1.79 bits per heavy atom. The lowest BCUT2D eigenvalue weighted by Crippen LogP contribution is -1.92. The van der Waals surface area contributed by atoms with Crippen LogP contribution < -0.4 is 15.2 Å². The van der Waals surface area contributed by atoms with Crippen LogP contribution in [0.15, 0.2) is 36.4 Å². The molecule has 0 saturated heterocycles. The molecule has 0 bridgehead atoms. The van der Waals surface area contributed by atoms with Crippen molar-refractivity contribution in [3.05, 3.63) is 47.5 Å². The van der Waals surface area contributed by atoms with E-state index >= 15 is 0 Å². The zero-order chi connectivity index (χ0) is 13.8. The number of benzene rings is 2. The van der Waals surface area contributed by atoms with E-state index in [0.717, 1.165) is 11.3 Å². The molecule has 0 aromatic heterocycles. The first-order valence-electron chi connectivity index (χ1n) is 5.75. The van der Waals surface area contributed by atoms with E-state index in [1.807, 2.05) is 13.0 Å². The number of nitrogen functional groups attached to an aromatic ring is 1. The highest BCUT2D eigenvalue weighted by atomic mass is 16.5. The number of methoxy groups -OCH3 is 1. The number of ether oxygens (including phenoxy) is 2. The smallest absolute Gasteiger partial charge is 0.132 e. The summed E-state index contributed by atoms with van der Waals surface area (Å²) in [6.45, 7) is 1.91. The normalized spacial score (nSPS) is 9.74. The Morgan fingerprint density at radius 3 is 2.42 bits per heavy atom. The Kier molecular flexibility index (Phi) is 3.58. The summed E-state index contributed by atoms with van der Waals surface area (Å²) in [5.41, 5.74) is 7.91. The van der Waals surface area contributed by atoms with Gasteiger partial charge in [0.25, 0.3) is 0 Å². The van der Waals surface area contributed by atoms with Crippen molar-refractivity contribution < 1.29 is 9.47 Å². The molecule has 0 radical (unpaired) electrons. The molecular weight excluding hydrogens is 240 g/mol. The summed E-state index contributed by atoms with van der Waals surface area (Å²) < 4.78 is 10.8. The molecule has 4 heteroatoms. The van der Waals surface area contributed by atoms with Crippen LogP contribution in [0.4, 0.5) is 5.69 Å². The second-order valence-corrected chi connectivity index (χ2v) is 4.13. The summed E-state index contributed by atoms with van der Waals surface area (Å²) in [6, 6.07) is 12.5. The predicted octanol–water partition coefficient (Wildman–Crippen LogP) is 3.25. The number of hydrogen-bond donors (Lipinski definition) is 1. The molecule has 4 nitrogen and oxygen atoms in total. The van der Waals surface area contributed by atoms with Crippen molar-refractivity contribution in [2.24, 2.45) is 0 Å². The number of aryl methyl sites for hydroxylation is 1. The summed E-state index contributed by atoms with van der Waals surface area (Å²) in [4.78, 5) is 0. The highest BCUT2D eigenvalue weighted by Gasteiger charge is 2.04. The van der Waals surface area contributed by atoms with Crippen LogP contribution in [-0.2, 0) is 0 Å². The first kappa shape index (κ1) is 12.8. The molecule has 0 spiro atoms. The predicted molar refractivity (Wildman–Crippen MR) is 73.4 cm³/mol. The van der Waals surface area contributed by atoms with Crippen molar-refractivity contribution in [2.75, 3.05) is 12.8 Å². The van der Waals surface area contributed by atoms with Crippen LogP contribution >= 0.6 is 0 Å². The van der Waals surface area contributed by atoms with Crippen molar-refractivity contribution in [1.82, 2.24) is 0 Å². The van der Waals surface area contributed by atoms with Gasteiger partial charge in [0, 0.05) is 11.8 Å². The molecule has 0 aliphatic rings. The number of nitriles is 1. The molecule has 2 aromatic rings. The van der Waals surface area contributed by atoms with Crippen LogP contribution in [0.5, 0.6) is 17.2 Å². The molecule has 2 rings (SSSR count). The maximum atomic E-state index is 8.95. The molecular formula is C15H14N2O2. The lowest BCUT2D eigenvalue weighted by molar-refractivity contribution is 0.409. The van der Waals surface area contributed by atoms with Crippen LogP contribution in [0.2, 0.25) is 0 Å². The molecule has 0 atom stereocenters. The van der Waals surface area contributed by atoms with E-state index in [0.29, 0.717) is 22.8 Å². The van der Waals surface area contributed by atoms with Gasteiger partial charge in [-0.15, -0.1) is 0 Å². The number of rotatable bonds is 3. The molecule has 0 saturated carbocycles. The van der Waals surface area contributed by atoms with E-state index < -0.39 is 0 Å². The van der Waals surface area contributed by atoms with Gasteiger partial charge in [0.2, 0.25) is 0 Å². The third-order valence-electron chi connectivity index (χ3n) is 2.72. The largest absolute Gasteiger partial charge is 0.497 e. The molecule has 0 aliphatic carbocycles. The van der Waals surface area contributed by atoms with Gasteiger partial charge in [-0.3, -0.25) is 0 Å². The average molecular weight is 254 g/mol. The Hall–Kier alpha value is -2.67. The quantitative estimate of drug-likeness (QED) is 0.854. The molecule has 0 amide bonds. The van der Waals surface area contributed by atoms with E-state index in [-0.39, 0.29) is 0 Å². The molecule has 19 heavy (non-hydrogen) atoms. The minimum Gasteiger partial charge on any atom is -0.497 e. The molecule has 2 N–H and O–H groups in total. The van der Waals surface area contributed by atoms with Gasteiger partial charge < -0.3 is 15.2 Å². The van der Waals surface area contributed by atoms with Gasteiger partial charge in [-0.2, -0.15) is 5.26 Å². The minimum absolute atomic E-state index is 0.488. The van der Waals surface area contributed by atoms with E-state index in [9.17, 15) is 0 Å². The Labute approximate surface area is 112 Å². The fourth-order valence-electron chi connectivity index (χ4n) is 1.66. The lowest BCUT2D eigenvalue weighted by atomic mass is 10.2. The molecule has 0 fully saturated rings. The van der Waals surface area contributed by atoms with E-state index in [4.69, 9.17) is 20.5 Å². The van der Waals surface area contributed by atoms with Crippen LogP contribution in [0.3, 0.4) is 0 Å². The second kappa shape index (κ2) is 5.32. The van der Waals surface area contributed by atoms with Crippen LogP contribution in [0.25, 0.3) is 0 Å². The standard InChI is InChI=1S/C15H14N2O2/c1-10-5-12(3-4-15(10)17)19-14-7-11(9-16)6-13(8-14)18-2/h3-8H,17H2,1-2H3. The van der Waals surface area contributed by atoms with E-state index in [1.165, 1.54) is 0 Å². The van der Waals surface area contributed by atoms with E-state index in [1.54, 1.807) is 37.4 Å². The van der Waals surface area contributed by atoms with Crippen molar-refractivity contribution in [1.29, 1.82) is 5.26 Å². The van der Waals surface area contributed by atoms with Crippen molar-refractivity contribution in [3.63, 3.8) is 0 Å². The minimum atomic E-state index is 0.488. The van der Waals surface area contributed by atoms with Gasteiger partial charge in [0.1, 0.15) is 17.2 Å². The molecule has 0 unspecified atom stereocenters. The SMILES string of the molecule is COc1cc(C#N)cc(Oc2ccc(N)c(C)c2)c1. The highest BCUT2D eigenvalue weighted by molar-refractivity contribution is 5.51. The van der Waals surface area contributed by atoms with Gasteiger partial charge in [0.05, 0.1) is 18.7 Å². The number of nitrogens with two attached hydrogens (primary N) is 1. The molecule has 2 aromatic carbocycles. The fourth-order valence-corrected chi connectivity index (χ4v) is 1.66. The summed E-state index contributed by atoms with van der Waals surface area (Å²) in [7, 11) is 1.55. The average Bonchev–Trinajstić information content (AvgIpc) is 2.42. The van der Waals surface area contributed by atoms with Crippen molar-refractivity contribution in [2.45, 2.75) is 6.92 Å². The van der Waals surface area contributed by atoms with Crippen LogP contribution in [-0.4, -0.2) is 7.11 Å².